The maximum absolute atomic E-state index is 12.1. The summed E-state index contributed by atoms with van der Waals surface area (Å²) in [6.45, 7) is 3.70. The Balaban J connectivity index is 1.73. The molecule has 0 unspecified atom stereocenters. The molecule has 0 saturated heterocycles. The number of aromatic hydroxyl groups is 1. The van der Waals surface area contributed by atoms with Crippen LogP contribution in [-0.2, 0) is 11.2 Å². The number of anilines is 1. The van der Waals surface area contributed by atoms with Crippen LogP contribution in [0.2, 0.25) is 0 Å². The van der Waals surface area contributed by atoms with Gasteiger partial charge in [0.2, 0.25) is 5.91 Å². The third-order valence-electron chi connectivity index (χ3n) is 3.67. The summed E-state index contributed by atoms with van der Waals surface area (Å²) in [6, 6.07) is 12.8. The lowest BCUT2D eigenvalue weighted by molar-refractivity contribution is -0.115. The molecule has 24 heavy (non-hydrogen) atoms. The van der Waals surface area contributed by atoms with Crippen LogP contribution in [0.4, 0.5) is 5.69 Å². The largest absolute Gasteiger partial charge is 0.507 e. The van der Waals surface area contributed by atoms with Crippen molar-refractivity contribution >= 4 is 11.6 Å². The Labute approximate surface area is 139 Å². The van der Waals surface area contributed by atoms with Gasteiger partial charge in [-0.2, -0.15) is 4.98 Å². The van der Waals surface area contributed by atoms with Gasteiger partial charge >= 0.3 is 0 Å². The van der Waals surface area contributed by atoms with Gasteiger partial charge in [0.05, 0.1) is 12.0 Å². The summed E-state index contributed by atoms with van der Waals surface area (Å²) in [4.78, 5) is 16.3. The number of hydrogen-bond acceptors (Lipinski definition) is 5. The lowest BCUT2D eigenvalue weighted by atomic mass is 10.1. The van der Waals surface area contributed by atoms with Crippen LogP contribution in [0.25, 0.3) is 11.5 Å². The van der Waals surface area contributed by atoms with E-state index >= 15 is 0 Å². The van der Waals surface area contributed by atoms with Crippen molar-refractivity contribution in [2.24, 2.45) is 0 Å². The van der Waals surface area contributed by atoms with Crippen molar-refractivity contribution < 1.29 is 14.4 Å². The molecule has 0 bridgehead atoms. The molecule has 2 aromatic carbocycles. The SMILES string of the molecule is Cc1ccccc1NC(=O)Cc1noc(-c2cccc(C)c2O)n1. The van der Waals surface area contributed by atoms with Gasteiger partial charge in [-0.15, -0.1) is 0 Å². The standard InChI is InChI=1S/C18H17N3O3/c1-11-6-3-4-9-14(11)19-16(22)10-15-20-18(24-21-15)13-8-5-7-12(2)17(13)23/h3-9,23H,10H2,1-2H3,(H,19,22). The van der Waals surface area contributed by atoms with Gasteiger partial charge in [0.25, 0.3) is 5.89 Å². The number of phenols is 1. The van der Waals surface area contributed by atoms with Gasteiger partial charge < -0.3 is 14.9 Å². The first kappa shape index (κ1) is 15.7. The molecule has 2 N–H and O–H groups in total. The molecule has 1 amide bonds. The Morgan fingerprint density at radius 2 is 1.88 bits per heavy atom. The summed E-state index contributed by atoms with van der Waals surface area (Å²) in [6.07, 6.45) is -0.00951. The Hall–Kier alpha value is -3.15. The number of aromatic nitrogens is 2. The van der Waals surface area contributed by atoms with Crippen molar-refractivity contribution in [3.05, 3.63) is 59.4 Å². The fourth-order valence-electron chi connectivity index (χ4n) is 2.32. The van der Waals surface area contributed by atoms with Crippen molar-refractivity contribution in [1.29, 1.82) is 0 Å². The molecule has 122 valence electrons. The van der Waals surface area contributed by atoms with Gasteiger partial charge in [-0.3, -0.25) is 4.79 Å². The zero-order valence-electron chi connectivity index (χ0n) is 13.4. The Bertz CT molecular complexity index is 887. The van der Waals surface area contributed by atoms with Crippen molar-refractivity contribution in [2.45, 2.75) is 20.3 Å². The van der Waals surface area contributed by atoms with Crippen LogP contribution in [0, 0.1) is 13.8 Å². The summed E-state index contributed by atoms with van der Waals surface area (Å²) in [5.74, 6) is 0.314. The van der Waals surface area contributed by atoms with Crippen LogP contribution < -0.4 is 5.32 Å². The minimum atomic E-state index is -0.231. The van der Waals surface area contributed by atoms with Crippen LogP contribution in [0.3, 0.4) is 0 Å². The minimum Gasteiger partial charge on any atom is -0.507 e. The van der Waals surface area contributed by atoms with Crippen LogP contribution >= 0.6 is 0 Å². The number of nitrogens with zero attached hydrogens (tertiary/aromatic N) is 2. The summed E-state index contributed by atoms with van der Waals surface area (Å²) in [5, 5.41) is 16.7. The summed E-state index contributed by atoms with van der Waals surface area (Å²) < 4.78 is 5.16. The van der Waals surface area contributed by atoms with E-state index < -0.39 is 0 Å². The third-order valence-corrected chi connectivity index (χ3v) is 3.67. The molecule has 1 aromatic heterocycles. The predicted octanol–water partition coefficient (Wildman–Crippen LogP) is 3.24. The molecule has 0 atom stereocenters. The molecule has 6 nitrogen and oxygen atoms in total. The van der Waals surface area contributed by atoms with Crippen molar-refractivity contribution in [1.82, 2.24) is 10.1 Å². The molecule has 3 aromatic rings. The number of aryl methyl sites for hydroxylation is 2. The first-order valence-electron chi connectivity index (χ1n) is 7.51. The van der Waals surface area contributed by atoms with Crippen LogP contribution in [-0.4, -0.2) is 21.2 Å². The van der Waals surface area contributed by atoms with E-state index in [-0.39, 0.29) is 29.8 Å². The highest BCUT2D eigenvalue weighted by Crippen LogP contribution is 2.30. The number of carbonyl (C=O) groups excluding carboxylic acids is 1. The molecule has 0 aliphatic rings. The number of benzene rings is 2. The molecule has 6 heteroatoms. The van der Waals surface area contributed by atoms with Crippen LogP contribution in [0.5, 0.6) is 5.75 Å². The average Bonchev–Trinajstić information content (AvgIpc) is 3.00. The zero-order chi connectivity index (χ0) is 17.1. The number of rotatable bonds is 4. The first-order chi connectivity index (χ1) is 11.5. The molecule has 1 heterocycles. The fourth-order valence-corrected chi connectivity index (χ4v) is 2.32. The number of para-hydroxylation sites is 2. The summed E-state index contributed by atoms with van der Waals surface area (Å²) in [5.41, 5.74) is 2.89. The molecule has 0 aliphatic carbocycles. The molecule has 3 rings (SSSR count). The number of phenolic OH excluding ortho intramolecular Hbond substituents is 1. The maximum Gasteiger partial charge on any atom is 0.261 e. The third kappa shape index (κ3) is 3.27. The highest BCUT2D eigenvalue weighted by atomic mass is 16.5. The van der Waals surface area contributed by atoms with Gasteiger partial charge in [0, 0.05) is 5.69 Å². The second kappa shape index (κ2) is 6.54. The molecule has 0 aliphatic heterocycles. The van der Waals surface area contributed by atoms with E-state index in [1.807, 2.05) is 31.2 Å². The molecule has 0 spiro atoms. The molecular weight excluding hydrogens is 306 g/mol. The minimum absolute atomic E-state index is 0.00951. The topological polar surface area (TPSA) is 88.2 Å². The van der Waals surface area contributed by atoms with Crippen LogP contribution in [0.15, 0.2) is 47.0 Å². The lowest BCUT2D eigenvalue weighted by Gasteiger charge is -2.06. The average molecular weight is 323 g/mol. The number of carbonyl (C=O) groups is 1. The van der Waals surface area contributed by atoms with Gasteiger partial charge in [-0.05, 0) is 37.1 Å². The molecule has 0 saturated carbocycles. The monoisotopic (exact) mass is 323 g/mol. The van der Waals surface area contributed by atoms with E-state index in [0.717, 1.165) is 11.3 Å². The van der Waals surface area contributed by atoms with Gasteiger partial charge in [-0.25, -0.2) is 0 Å². The highest BCUT2D eigenvalue weighted by molar-refractivity contribution is 5.92. The summed E-state index contributed by atoms with van der Waals surface area (Å²) >= 11 is 0. The number of hydrogen-bond donors (Lipinski definition) is 2. The Kier molecular flexibility index (Phi) is 4.29. The van der Waals surface area contributed by atoms with Crippen molar-refractivity contribution in [3.8, 4) is 17.2 Å². The van der Waals surface area contributed by atoms with E-state index in [4.69, 9.17) is 4.52 Å². The van der Waals surface area contributed by atoms with Gasteiger partial charge in [0.15, 0.2) is 5.82 Å². The second-order valence-electron chi connectivity index (χ2n) is 5.53. The van der Waals surface area contributed by atoms with Crippen molar-refractivity contribution in [2.75, 3.05) is 5.32 Å². The van der Waals surface area contributed by atoms with E-state index in [9.17, 15) is 9.90 Å². The fraction of sp³-hybridized carbons (Fsp3) is 0.167. The second-order valence-corrected chi connectivity index (χ2v) is 5.53. The first-order valence-corrected chi connectivity index (χ1v) is 7.51. The molecule has 0 radical (unpaired) electrons. The highest BCUT2D eigenvalue weighted by Gasteiger charge is 2.16. The predicted molar refractivity (Wildman–Crippen MR) is 89.6 cm³/mol. The van der Waals surface area contributed by atoms with Gasteiger partial charge in [-0.1, -0.05) is 35.5 Å². The Morgan fingerprint density at radius 3 is 2.67 bits per heavy atom. The smallest absolute Gasteiger partial charge is 0.261 e. The van der Waals surface area contributed by atoms with E-state index in [1.54, 1.807) is 25.1 Å². The molecule has 0 fully saturated rings. The van der Waals surface area contributed by atoms with E-state index in [1.165, 1.54) is 0 Å². The van der Waals surface area contributed by atoms with E-state index in [2.05, 4.69) is 15.5 Å². The number of amides is 1. The lowest BCUT2D eigenvalue weighted by Crippen LogP contribution is -2.15. The normalized spacial score (nSPS) is 10.6. The zero-order valence-corrected chi connectivity index (χ0v) is 13.4. The summed E-state index contributed by atoms with van der Waals surface area (Å²) in [7, 11) is 0. The van der Waals surface area contributed by atoms with Crippen molar-refractivity contribution in [3.63, 3.8) is 0 Å². The number of nitrogens with one attached hydrogen (secondary N) is 1. The molecular formula is C18H17N3O3. The van der Waals surface area contributed by atoms with Crippen LogP contribution in [0.1, 0.15) is 17.0 Å². The Morgan fingerprint density at radius 1 is 1.12 bits per heavy atom. The quantitative estimate of drug-likeness (QED) is 0.769. The van der Waals surface area contributed by atoms with Gasteiger partial charge in [0.1, 0.15) is 5.75 Å². The maximum atomic E-state index is 12.1. The van der Waals surface area contributed by atoms with E-state index in [0.29, 0.717) is 11.1 Å².